The van der Waals surface area contributed by atoms with Crippen molar-refractivity contribution in [3.63, 3.8) is 0 Å². The molecule has 1 unspecified atom stereocenters. The van der Waals surface area contributed by atoms with Crippen molar-refractivity contribution in [2.24, 2.45) is 0 Å². The van der Waals surface area contributed by atoms with Gasteiger partial charge in [-0.1, -0.05) is 30.3 Å². The molecule has 0 saturated carbocycles. The zero-order valence-electron chi connectivity index (χ0n) is 7.49. The number of hydrogen-bond acceptors (Lipinski definition) is 5. The predicted molar refractivity (Wildman–Crippen MR) is 55.8 cm³/mol. The summed E-state index contributed by atoms with van der Waals surface area (Å²) in [5.74, 6) is 0. The van der Waals surface area contributed by atoms with Crippen molar-refractivity contribution >= 4 is 26.4 Å². The molecule has 0 radical (unpaired) electrons. The summed E-state index contributed by atoms with van der Waals surface area (Å²) < 4.78 is 27.4. The third kappa shape index (κ3) is 5.31. The number of hydrogen-bond donors (Lipinski definition) is 1. The van der Waals surface area contributed by atoms with Gasteiger partial charge >= 0.3 is 15.2 Å². The molecule has 0 heterocycles. The van der Waals surface area contributed by atoms with E-state index in [0.29, 0.717) is 0 Å². The molecule has 1 aromatic rings. The summed E-state index contributed by atoms with van der Waals surface area (Å²) in [6, 6.07) is 8.82. The zero-order chi connectivity index (χ0) is 11.3. The minimum atomic E-state index is -3.97. The summed E-state index contributed by atoms with van der Waals surface area (Å²) in [6.07, 6.45) is -1.26. The lowest BCUT2D eigenvalue weighted by molar-refractivity contribution is 0.0941. The second kappa shape index (κ2) is 5.06. The Morgan fingerprint density at radius 1 is 1.40 bits per heavy atom. The highest BCUT2D eigenvalue weighted by Gasteiger charge is 2.10. The molecule has 1 aromatic carbocycles. The maximum absolute atomic E-state index is 10.8. The number of rotatable bonds is 3. The van der Waals surface area contributed by atoms with Crippen LogP contribution in [0.2, 0.25) is 0 Å². The van der Waals surface area contributed by atoms with E-state index >= 15 is 0 Å². The van der Waals surface area contributed by atoms with Gasteiger partial charge in [0.2, 0.25) is 0 Å². The van der Waals surface area contributed by atoms with Gasteiger partial charge in [-0.25, -0.2) is 4.79 Å². The molecule has 1 atom stereocenters. The van der Waals surface area contributed by atoms with Gasteiger partial charge in [0.25, 0.3) is 0 Å². The average molecular weight is 248 g/mol. The molecule has 15 heavy (non-hydrogen) atoms. The lowest BCUT2D eigenvalue weighted by Gasteiger charge is -2.04. The molecule has 0 aromatic heterocycles. The molecule has 0 saturated heterocycles. The third-order valence-electron chi connectivity index (χ3n) is 1.37. The van der Waals surface area contributed by atoms with Crippen LogP contribution < -0.4 is 0 Å². The van der Waals surface area contributed by atoms with Gasteiger partial charge in [-0.15, -0.1) is 0 Å². The second-order valence-corrected chi connectivity index (χ2v) is 4.82. The Balaban J connectivity index is 2.42. The minimum absolute atomic E-state index is 0.0372. The van der Waals surface area contributed by atoms with Crippen molar-refractivity contribution in [2.75, 3.05) is 0 Å². The molecular weight excluding hydrogens is 240 g/mol. The fourth-order valence-corrected chi connectivity index (χ4v) is 1.21. The Hall–Kier alpha value is -1.18. The summed E-state index contributed by atoms with van der Waals surface area (Å²) in [4.78, 5) is 10.8. The first kappa shape index (κ1) is 11.9. The van der Waals surface area contributed by atoms with E-state index in [1.807, 2.05) is 6.07 Å². The maximum Gasteiger partial charge on any atom is 0.524 e. The average Bonchev–Trinajstić information content (AvgIpc) is 2.14. The van der Waals surface area contributed by atoms with Gasteiger partial charge in [0.05, 0.1) is 11.2 Å². The van der Waals surface area contributed by atoms with E-state index in [0.717, 1.165) is 5.56 Å². The molecule has 0 amide bonds. The van der Waals surface area contributed by atoms with E-state index in [-0.39, 0.29) is 6.61 Å². The number of carbonyl (C=O) groups is 1. The first-order chi connectivity index (χ1) is 6.97. The lowest BCUT2D eigenvalue weighted by Crippen LogP contribution is -2.12. The number of benzene rings is 1. The fourth-order valence-electron chi connectivity index (χ4n) is 0.827. The molecule has 1 rings (SSSR count). The fraction of sp³-hybridized carbons (Fsp3) is 0.125. The van der Waals surface area contributed by atoms with Gasteiger partial charge in [-0.2, -0.15) is 4.21 Å². The molecule has 5 nitrogen and oxygen atoms in total. The standard InChI is InChI=1S/C8H8O5S2/c9-8(13-15(10,11)14)12-6-7-4-2-1-3-5-7/h1-5H,6H2,(H,10,11,14). The SMILES string of the molecule is O=C(OCc1ccccc1)OS(=O)(O)=S. The molecule has 0 fully saturated rings. The van der Waals surface area contributed by atoms with Gasteiger partial charge in [-0.3, -0.25) is 4.55 Å². The highest BCUT2D eigenvalue weighted by atomic mass is 32.9. The van der Waals surface area contributed by atoms with Gasteiger partial charge < -0.3 is 8.92 Å². The third-order valence-corrected chi connectivity index (χ3v) is 1.92. The van der Waals surface area contributed by atoms with Crippen LogP contribution in [0.15, 0.2) is 30.3 Å². The molecule has 0 aliphatic carbocycles. The van der Waals surface area contributed by atoms with E-state index < -0.39 is 15.2 Å². The Morgan fingerprint density at radius 3 is 2.53 bits per heavy atom. The molecule has 0 bridgehead atoms. The van der Waals surface area contributed by atoms with Crippen LogP contribution in [0.4, 0.5) is 4.79 Å². The smallest absolute Gasteiger partial charge is 0.429 e. The van der Waals surface area contributed by atoms with Crippen molar-refractivity contribution in [1.29, 1.82) is 0 Å². The van der Waals surface area contributed by atoms with E-state index in [4.69, 9.17) is 4.55 Å². The van der Waals surface area contributed by atoms with Crippen molar-refractivity contribution in [3.05, 3.63) is 35.9 Å². The van der Waals surface area contributed by atoms with Crippen LogP contribution in [0.25, 0.3) is 0 Å². The summed E-state index contributed by atoms with van der Waals surface area (Å²) in [5.41, 5.74) is 0.739. The highest BCUT2D eigenvalue weighted by molar-refractivity contribution is 8.27. The van der Waals surface area contributed by atoms with Gasteiger partial charge in [0.1, 0.15) is 6.61 Å². The second-order valence-electron chi connectivity index (χ2n) is 2.54. The number of ether oxygens (including phenoxy) is 1. The topological polar surface area (TPSA) is 72.8 Å². The molecule has 0 aliphatic rings. The zero-order valence-corrected chi connectivity index (χ0v) is 9.12. The summed E-state index contributed by atoms with van der Waals surface area (Å²) in [5, 5.41) is 0. The van der Waals surface area contributed by atoms with Crippen molar-refractivity contribution in [1.82, 2.24) is 0 Å². The van der Waals surface area contributed by atoms with Crippen molar-refractivity contribution in [3.8, 4) is 0 Å². The highest BCUT2D eigenvalue weighted by Crippen LogP contribution is 2.02. The van der Waals surface area contributed by atoms with Crippen LogP contribution >= 0.6 is 0 Å². The van der Waals surface area contributed by atoms with E-state index in [1.165, 1.54) is 0 Å². The monoisotopic (exact) mass is 248 g/mol. The minimum Gasteiger partial charge on any atom is -0.429 e. The molecule has 0 spiro atoms. The largest absolute Gasteiger partial charge is 0.524 e. The summed E-state index contributed by atoms with van der Waals surface area (Å²) in [7, 11) is -3.97. The first-order valence-electron chi connectivity index (χ1n) is 3.85. The van der Waals surface area contributed by atoms with E-state index in [9.17, 15) is 9.00 Å². The normalized spacial score (nSPS) is 13.9. The van der Waals surface area contributed by atoms with Gasteiger partial charge in [-0.05, 0) is 5.56 Å². The molecular formula is C8H8O5S2. The number of carbonyl (C=O) groups excluding carboxylic acids is 1. The first-order valence-corrected chi connectivity index (χ1v) is 6.21. The van der Waals surface area contributed by atoms with Crippen molar-refractivity contribution in [2.45, 2.75) is 6.61 Å². The van der Waals surface area contributed by atoms with Crippen LogP contribution in [0.1, 0.15) is 5.56 Å². The molecule has 7 heteroatoms. The van der Waals surface area contributed by atoms with Crippen LogP contribution in [0, 0.1) is 0 Å². The Labute approximate surface area is 91.7 Å². The molecule has 82 valence electrons. The lowest BCUT2D eigenvalue weighted by atomic mass is 10.2. The van der Waals surface area contributed by atoms with Crippen molar-refractivity contribution < 1.29 is 22.5 Å². The maximum atomic E-state index is 10.8. The molecule has 1 N–H and O–H groups in total. The van der Waals surface area contributed by atoms with E-state index in [2.05, 4.69) is 20.1 Å². The van der Waals surface area contributed by atoms with Gasteiger partial charge in [0, 0.05) is 0 Å². The van der Waals surface area contributed by atoms with E-state index in [1.54, 1.807) is 24.3 Å². The summed E-state index contributed by atoms with van der Waals surface area (Å²) >= 11 is 3.95. The van der Waals surface area contributed by atoms with Crippen LogP contribution in [-0.4, -0.2) is 14.9 Å². The Morgan fingerprint density at radius 2 is 2.00 bits per heavy atom. The van der Waals surface area contributed by atoms with Crippen LogP contribution in [-0.2, 0) is 35.8 Å². The van der Waals surface area contributed by atoms with Crippen LogP contribution in [0.3, 0.4) is 0 Å². The quantitative estimate of drug-likeness (QED) is 0.817. The van der Waals surface area contributed by atoms with Crippen LogP contribution in [0.5, 0.6) is 0 Å². The molecule has 0 aliphatic heterocycles. The Kier molecular flexibility index (Phi) is 4.01. The predicted octanol–water partition coefficient (Wildman–Crippen LogP) is 1.47. The van der Waals surface area contributed by atoms with Gasteiger partial charge in [0.15, 0.2) is 0 Å². The Bertz CT molecular complexity index is 426. The summed E-state index contributed by atoms with van der Waals surface area (Å²) in [6.45, 7) is -0.0372.